The van der Waals surface area contributed by atoms with E-state index in [1.54, 1.807) is 33.5 Å². The highest BCUT2D eigenvalue weighted by Crippen LogP contribution is 2.49. The van der Waals surface area contributed by atoms with Crippen LogP contribution in [0.2, 0.25) is 5.02 Å². The van der Waals surface area contributed by atoms with Crippen molar-refractivity contribution >= 4 is 22.5 Å². The second-order valence-corrected chi connectivity index (χ2v) is 10.4. The average molecular weight is 514 g/mol. The van der Waals surface area contributed by atoms with Gasteiger partial charge in [-0.2, -0.15) is 4.98 Å². The molecule has 0 spiro atoms. The number of fused-ring (bicyclic) bond motifs is 1. The molecule has 1 aliphatic rings. The molecule has 1 fully saturated rings. The predicted molar refractivity (Wildman–Crippen MR) is 142 cm³/mol. The molecule has 8 heteroatoms. The van der Waals surface area contributed by atoms with Crippen LogP contribution in [0.5, 0.6) is 17.6 Å². The van der Waals surface area contributed by atoms with E-state index in [0.717, 1.165) is 29.3 Å². The van der Waals surface area contributed by atoms with Gasteiger partial charge in [0.2, 0.25) is 17.6 Å². The van der Waals surface area contributed by atoms with Crippen LogP contribution in [0.4, 0.5) is 0 Å². The first-order chi connectivity index (χ1) is 17.3. The van der Waals surface area contributed by atoms with Gasteiger partial charge in [0.15, 0.2) is 0 Å². The fourth-order valence-corrected chi connectivity index (χ4v) is 5.05. The smallest absolute Gasteiger partial charge is 0.217 e. The number of rotatable bonds is 12. The van der Waals surface area contributed by atoms with Gasteiger partial charge in [0.1, 0.15) is 0 Å². The number of halogens is 1. The zero-order valence-corrected chi connectivity index (χ0v) is 22.5. The van der Waals surface area contributed by atoms with Gasteiger partial charge in [-0.05, 0) is 69.1 Å². The molecule has 1 aliphatic carbocycles. The number of methoxy groups -OCH3 is 3. The van der Waals surface area contributed by atoms with Crippen LogP contribution in [0, 0.1) is 5.92 Å². The number of aromatic nitrogens is 2. The Morgan fingerprint density at radius 1 is 1.03 bits per heavy atom. The number of hydrogen-bond acceptors (Lipinski definition) is 7. The third-order valence-electron chi connectivity index (χ3n) is 7.11. The minimum atomic E-state index is -1.26. The summed E-state index contributed by atoms with van der Waals surface area (Å²) >= 11 is 6.32. The van der Waals surface area contributed by atoms with Crippen molar-refractivity contribution in [3.8, 4) is 17.6 Å². The first-order valence-electron chi connectivity index (χ1n) is 12.4. The molecule has 1 aromatic carbocycles. The second kappa shape index (κ2) is 11.2. The number of nitrogens with zero attached hydrogens (tertiary/aromatic N) is 3. The summed E-state index contributed by atoms with van der Waals surface area (Å²) in [5, 5.41) is 14.2. The second-order valence-electron chi connectivity index (χ2n) is 9.92. The molecule has 4 rings (SSSR count). The molecule has 1 saturated carbocycles. The van der Waals surface area contributed by atoms with Gasteiger partial charge in [-0.1, -0.05) is 24.4 Å². The molecule has 2 unspecified atom stereocenters. The van der Waals surface area contributed by atoms with Gasteiger partial charge < -0.3 is 24.2 Å². The summed E-state index contributed by atoms with van der Waals surface area (Å²) in [5.41, 5.74) is 1.10. The van der Waals surface area contributed by atoms with Crippen molar-refractivity contribution < 1.29 is 19.3 Å². The third-order valence-corrected chi connectivity index (χ3v) is 7.35. The van der Waals surface area contributed by atoms with Gasteiger partial charge >= 0.3 is 0 Å². The molecule has 0 amide bonds. The maximum atomic E-state index is 12.7. The van der Waals surface area contributed by atoms with E-state index in [4.69, 9.17) is 30.8 Å². The van der Waals surface area contributed by atoms with E-state index in [1.165, 1.54) is 12.8 Å². The quantitative estimate of drug-likeness (QED) is 0.346. The molecule has 0 radical (unpaired) electrons. The van der Waals surface area contributed by atoms with E-state index in [2.05, 4.69) is 16.0 Å². The van der Waals surface area contributed by atoms with Crippen molar-refractivity contribution in [2.24, 2.45) is 5.92 Å². The number of ether oxygens (including phenoxy) is 3. The fourth-order valence-electron chi connectivity index (χ4n) is 4.87. The lowest BCUT2D eigenvalue weighted by molar-refractivity contribution is -0.0119. The summed E-state index contributed by atoms with van der Waals surface area (Å²) in [6.07, 6.45) is 4.77. The van der Waals surface area contributed by atoms with Crippen molar-refractivity contribution in [1.29, 1.82) is 0 Å². The van der Waals surface area contributed by atoms with Crippen LogP contribution in [0.1, 0.15) is 49.1 Å². The van der Waals surface area contributed by atoms with Crippen LogP contribution in [-0.4, -0.2) is 61.9 Å². The maximum Gasteiger partial charge on any atom is 0.217 e. The van der Waals surface area contributed by atoms with E-state index in [0.29, 0.717) is 47.1 Å². The Kier molecular flexibility index (Phi) is 8.23. The lowest BCUT2D eigenvalue weighted by Gasteiger charge is -2.39. The first kappa shape index (κ1) is 26.5. The Labute approximate surface area is 218 Å². The summed E-state index contributed by atoms with van der Waals surface area (Å²) in [6.45, 7) is 0.679. The van der Waals surface area contributed by atoms with Crippen LogP contribution < -0.4 is 14.2 Å². The molecule has 2 atom stereocenters. The molecule has 3 aromatic rings. The number of hydrogen-bond donors (Lipinski definition) is 1. The summed E-state index contributed by atoms with van der Waals surface area (Å²) in [4.78, 5) is 11.2. The normalized spacial score (nSPS) is 16.1. The first-order valence-corrected chi connectivity index (χ1v) is 12.8. The summed E-state index contributed by atoms with van der Waals surface area (Å²) < 4.78 is 16.7. The SMILES string of the molecule is COc1cc(C(O)(CCN(C)C)C(CCC2CC2)c2cc3cc(Cl)ccc3nc2OC)cc(OC)n1. The Morgan fingerprint density at radius 2 is 1.72 bits per heavy atom. The minimum absolute atomic E-state index is 0.291. The molecule has 0 saturated heterocycles. The summed E-state index contributed by atoms with van der Waals surface area (Å²) in [6, 6.07) is 11.3. The van der Waals surface area contributed by atoms with Crippen LogP contribution in [0.15, 0.2) is 36.4 Å². The highest BCUT2D eigenvalue weighted by atomic mass is 35.5. The Morgan fingerprint density at radius 3 is 2.31 bits per heavy atom. The lowest BCUT2D eigenvalue weighted by Crippen LogP contribution is -2.37. The van der Waals surface area contributed by atoms with E-state index >= 15 is 0 Å². The van der Waals surface area contributed by atoms with E-state index in [1.807, 2.05) is 32.3 Å². The number of aliphatic hydroxyl groups is 1. The van der Waals surface area contributed by atoms with E-state index in [-0.39, 0.29) is 5.92 Å². The van der Waals surface area contributed by atoms with Gasteiger partial charge in [0, 0.05) is 40.6 Å². The monoisotopic (exact) mass is 513 g/mol. The zero-order valence-electron chi connectivity index (χ0n) is 21.8. The van der Waals surface area contributed by atoms with Gasteiger partial charge in [0.05, 0.1) is 32.4 Å². The fraction of sp³-hybridized carbons (Fsp3) is 0.500. The Balaban J connectivity index is 1.92. The molecule has 0 aliphatic heterocycles. The molecule has 0 bridgehead atoms. The largest absolute Gasteiger partial charge is 0.481 e. The highest BCUT2D eigenvalue weighted by molar-refractivity contribution is 6.31. The molecule has 2 heterocycles. The van der Waals surface area contributed by atoms with Crippen LogP contribution in [0.3, 0.4) is 0 Å². The third kappa shape index (κ3) is 5.85. The van der Waals surface area contributed by atoms with Gasteiger partial charge in [-0.25, -0.2) is 4.98 Å². The standard InChI is InChI=1S/C28H36ClN3O4/c1-32(2)13-12-28(33,20-16-25(34-3)31-26(17-20)35-4)23(10-8-18-6-7-18)22-15-19-14-21(29)9-11-24(19)30-27(22)36-5/h9,11,14-18,23,33H,6-8,10,12-13H2,1-5H3. The maximum absolute atomic E-state index is 12.7. The number of benzene rings is 1. The zero-order chi connectivity index (χ0) is 25.9. The van der Waals surface area contributed by atoms with Gasteiger partial charge in [-0.15, -0.1) is 0 Å². The molecular weight excluding hydrogens is 478 g/mol. The summed E-state index contributed by atoms with van der Waals surface area (Å²) in [7, 11) is 8.77. The predicted octanol–water partition coefficient (Wildman–Crippen LogP) is 5.42. The Hall–Kier alpha value is -2.61. The summed E-state index contributed by atoms with van der Waals surface area (Å²) in [5.74, 6) is 1.71. The Bertz CT molecular complexity index is 1180. The molecule has 7 nitrogen and oxygen atoms in total. The van der Waals surface area contributed by atoms with Crippen LogP contribution in [0.25, 0.3) is 10.9 Å². The molecular formula is C28H36ClN3O4. The molecule has 194 valence electrons. The average Bonchev–Trinajstić information content (AvgIpc) is 3.71. The van der Waals surface area contributed by atoms with Crippen molar-refractivity contribution in [1.82, 2.24) is 14.9 Å². The minimum Gasteiger partial charge on any atom is -0.481 e. The molecule has 2 aromatic heterocycles. The van der Waals surface area contributed by atoms with Crippen molar-refractivity contribution in [3.05, 3.63) is 52.5 Å². The topological polar surface area (TPSA) is 76.9 Å². The van der Waals surface area contributed by atoms with Crippen molar-refractivity contribution in [2.45, 2.75) is 43.6 Å². The van der Waals surface area contributed by atoms with E-state index < -0.39 is 5.60 Å². The molecule has 36 heavy (non-hydrogen) atoms. The lowest BCUT2D eigenvalue weighted by atomic mass is 9.72. The van der Waals surface area contributed by atoms with Crippen LogP contribution in [-0.2, 0) is 5.60 Å². The van der Waals surface area contributed by atoms with Gasteiger partial charge in [-0.3, -0.25) is 0 Å². The van der Waals surface area contributed by atoms with Gasteiger partial charge in [0.25, 0.3) is 0 Å². The van der Waals surface area contributed by atoms with E-state index in [9.17, 15) is 5.11 Å². The highest BCUT2D eigenvalue weighted by Gasteiger charge is 2.42. The number of pyridine rings is 2. The van der Waals surface area contributed by atoms with Crippen molar-refractivity contribution in [3.63, 3.8) is 0 Å². The van der Waals surface area contributed by atoms with Crippen LogP contribution >= 0.6 is 11.6 Å². The molecule has 1 N–H and O–H groups in total. The van der Waals surface area contributed by atoms with Crippen molar-refractivity contribution in [2.75, 3.05) is 42.0 Å².